The molecule has 41 heavy (non-hydrogen) atoms. The molecule has 0 unspecified atom stereocenters. The summed E-state index contributed by atoms with van der Waals surface area (Å²) in [4.78, 5) is 37.4. The van der Waals surface area contributed by atoms with E-state index in [1.54, 1.807) is 25.1 Å². The van der Waals surface area contributed by atoms with Crippen LogP contribution in [-0.2, 0) is 0 Å². The molecule has 1 amide bonds. The molecule has 0 bridgehead atoms. The van der Waals surface area contributed by atoms with Crippen molar-refractivity contribution < 1.29 is 13.6 Å². The van der Waals surface area contributed by atoms with E-state index >= 15 is 0 Å². The Balaban J connectivity index is 1.91. The number of halogens is 2. The lowest BCUT2D eigenvalue weighted by molar-refractivity contribution is 0.0958. The number of hydrogen-bond donors (Lipinski definition) is 2. The van der Waals surface area contributed by atoms with Gasteiger partial charge in [0.25, 0.3) is 11.5 Å². The number of para-hydroxylation sites is 1. The summed E-state index contributed by atoms with van der Waals surface area (Å²) in [6.45, 7) is 8.99. The summed E-state index contributed by atoms with van der Waals surface area (Å²) in [6, 6.07) is 13.0. The highest BCUT2D eigenvalue weighted by atomic mass is 19.1. The molecule has 2 aromatic carbocycles. The Labute approximate surface area is 236 Å². The largest absolute Gasteiger partial charge is 0.354 e. The highest BCUT2D eigenvalue weighted by molar-refractivity contribution is 6.00. The van der Waals surface area contributed by atoms with Crippen molar-refractivity contribution in [1.29, 1.82) is 5.26 Å². The summed E-state index contributed by atoms with van der Waals surface area (Å²) in [5.41, 5.74) is 0.654. The molecule has 0 aliphatic heterocycles. The van der Waals surface area contributed by atoms with E-state index in [0.29, 0.717) is 34.3 Å². The summed E-state index contributed by atoms with van der Waals surface area (Å²) in [6.07, 6.45) is 0.787. The lowest BCUT2D eigenvalue weighted by Gasteiger charge is -2.18. The van der Waals surface area contributed by atoms with Gasteiger partial charge in [0.2, 0.25) is 5.95 Å². The number of pyridine rings is 1. The molecule has 11 heteroatoms. The lowest BCUT2D eigenvalue weighted by Crippen LogP contribution is -2.26. The van der Waals surface area contributed by atoms with Crippen molar-refractivity contribution in [3.8, 4) is 23.0 Å². The molecular formula is C30H31F2N7O2. The van der Waals surface area contributed by atoms with E-state index in [4.69, 9.17) is 10.2 Å². The molecule has 4 aromatic rings. The molecule has 0 aliphatic rings. The maximum Gasteiger partial charge on any atom is 0.256 e. The Bertz CT molecular complexity index is 1660. The van der Waals surface area contributed by atoms with Gasteiger partial charge in [0.05, 0.1) is 11.8 Å². The molecule has 212 valence electrons. The highest BCUT2D eigenvalue weighted by Crippen LogP contribution is 2.32. The van der Waals surface area contributed by atoms with E-state index in [1.165, 1.54) is 18.2 Å². The Morgan fingerprint density at radius 1 is 1.05 bits per heavy atom. The standard InChI is InChI=1S/C30H31F2N7O2/c1-4-38(5-2)18-8-16-35-30-36-26(20-9-6-10-21(19(20)3)29(41)34-17-15-33)22-13-14-25(40)39(28(22)37-30)27-23(31)11-7-12-24(27)32/h6-7,9-14H,4-5,8,16-18H2,1-3H3,(H,34,41)(H,35,36,37). The van der Waals surface area contributed by atoms with Gasteiger partial charge in [-0.2, -0.15) is 10.2 Å². The molecule has 0 saturated carbocycles. The Morgan fingerprint density at radius 2 is 1.76 bits per heavy atom. The molecule has 2 heterocycles. The third kappa shape index (κ3) is 6.23. The molecule has 2 aromatic heterocycles. The average Bonchev–Trinajstić information content (AvgIpc) is 2.96. The van der Waals surface area contributed by atoms with Gasteiger partial charge in [-0.15, -0.1) is 0 Å². The van der Waals surface area contributed by atoms with Crippen molar-refractivity contribution in [2.24, 2.45) is 0 Å². The van der Waals surface area contributed by atoms with Gasteiger partial charge in [-0.25, -0.2) is 13.8 Å². The first kappa shape index (κ1) is 29.3. The van der Waals surface area contributed by atoms with Gasteiger partial charge in [0, 0.05) is 29.1 Å². The van der Waals surface area contributed by atoms with Crippen LogP contribution in [0.25, 0.3) is 28.0 Å². The lowest BCUT2D eigenvalue weighted by atomic mass is 9.97. The fourth-order valence-electron chi connectivity index (χ4n) is 4.71. The second-order valence-electron chi connectivity index (χ2n) is 9.34. The van der Waals surface area contributed by atoms with Crippen LogP contribution in [0.3, 0.4) is 0 Å². The number of carbonyl (C=O) groups is 1. The molecule has 0 saturated heterocycles. The van der Waals surface area contributed by atoms with Crippen LogP contribution >= 0.6 is 0 Å². The molecular weight excluding hydrogens is 528 g/mol. The average molecular weight is 560 g/mol. The van der Waals surface area contributed by atoms with Crippen LogP contribution in [0.5, 0.6) is 0 Å². The number of aromatic nitrogens is 3. The number of rotatable bonds is 11. The molecule has 2 N–H and O–H groups in total. The molecule has 0 radical (unpaired) electrons. The smallest absolute Gasteiger partial charge is 0.256 e. The van der Waals surface area contributed by atoms with E-state index in [0.717, 1.165) is 42.8 Å². The molecule has 9 nitrogen and oxygen atoms in total. The normalized spacial score (nSPS) is 11.0. The van der Waals surface area contributed by atoms with Gasteiger partial charge in [-0.1, -0.05) is 32.0 Å². The van der Waals surface area contributed by atoms with Crippen molar-refractivity contribution >= 4 is 22.9 Å². The predicted molar refractivity (Wildman–Crippen MR) is 154 cm³/mol. The van der Waals surface area contributed by atoms with Crippen molar-refractivity contribution in [3.63, 3.8) is 0 Å². The van der Waals surface area contributed by atoms with E-state index < -0.39 is 28.8 Å². The van der Waals surface area contributed by atoms with Gasteiger partial charge in [-0.3, -0.25) is 14.2 Å². The monoisotopic (exact) mass is 559 g/mol. The molecule has 0 fully saturated rings. The number of nitriles is 1. The summed E-state index contributed by atoms with van der Waals surface area (Å²) in [5.74, 6) is -2.09. The van der Waals surface area contributed by atoms with Gasteiger partial charge in [0.15, 0.2) is 5.65 Å². The quantitative estimate of drug-likeness (QED) is 0.206. The molecule has 0 spiro atoms. The van der Waals surface area contributed by atoms with E-state index in [9.17, 15) is 18.4 Å². The first-order chi connectivity index (χ1) is 19.8. The van der Waals surface area contributed by atoms with E-state index in [1.807, 2.05) is 6.07 Å². The third-order valence-electron chi connectivity index (χ3n) is 6.90. The number of hydrogen-bond acceptors (Lipinski definition) is 7. The highest BCUT2D eigenvalue weighted by Gasteiger charge is 2.21. The molecule has 0 aliphatic carbocycles. The van der Waals surface area contributed by atoms with E-state index in [2.05, 4.69) is 34.4 Å². The number of nitrogens with zero attached hydrogens (tertiary/aromatic N) is 5. The van der Waals surface area contributed by atoms with Crippen LogP contribution in [0.15, 0.2) is 53.3 Å². The zero-order chi connectivity index (χ0) is 29.5. The van der Waals surface area contributed by atoms with Crippen molar-refractivity contribution in [3.05, 3.63) is 81.6 Å². The van der Waals surface area contributed by atoms with Crippen LogP contribution in [0.2, 0.25) is 0 Å². The van der Waals surface area contributed by atoms with Gasteiger partial charge in [-0.05, 0) is 62.8 Å². The summed E-state index contributed by atoms with van der Waals surface area (Å²) in [7, 11) is 0. The second kappa shape index (κ2) is 13.1. The van der Waals surface area contributed by atoms with Crippen molar-refractivity contribution in [2.45, 2.75) is 27.2 Å². The Morgan fingerprint density at radius 3 is 2.44 bits per heavy atom. The number of benzene rings is 2. The minimum Gasteiger partial charge on any atom is -0.354 e. The van der Waals surface area contributed by atoms with Crippen LogP contribution in [0.4, 0.5) is 14.7 Å². The van der Waals surface area contributed by atoms with Gasteiger partial charge < -0.3 is 15.5 Å². The SMILES string of the molecule is CCN(CC)CCCNc1nc(-c2cccc(C(=O)NCC#N)c2C)c2ccc(=O)n(-c3c(F)cccc3F)c2n1. The van der Waals surface area contributed by atoms with Gasteiger partial charge >= 0.3 is 0 Å². The third-order valence-corrected chi connectivity index (χ3v) is 6.90. The summed E-state index contributed by atoms with van der Waals surface area (Å²) >= 11 is 0. The van der Waals surface area contributed by atoms with Crippen molar-refractivity contribution in [2.75, 3.05) is 38.0 Å². The number of anilines is 1. The maximum absolute atomic E-state index is 14.9. The van der Waals surface area contributed by atoms with E-state index in [-0.39, 0.29) is 18.1 Å². The number of amides is 1. The van der Waals surface area contributed by atoms with Crippen LogP contribution in [0, 0.1) is 29.9 Å². The fourth-order valence-corrected chi connectivity index (χ4v) is 4.71. The molecule has 4 rings (SSSR count). The maximum atomic E-state index is 14.9. The first-order valence-corrected chi connectivity index (χ1v) is 13.4. The minimum absolute atomic E-state index is 0.0106. The molecule has 0 atom stereocenters. The summed E-state index contributed by atoms with van der Waals surface area (Å²) in [5, 5.41) is 15.0. The summed E-state index contributed by atoms with van der Waals surface area (Å²) < 4.78 is 30.8. The second-order valence-corrected chi connectivity index (χ2v) is 9.34. The topological polar surface area (TPSA) is 116 Å². The number of fused-ring (bicyclic) bond motifs is 1. The minimum atomic E-state index is -0.916. The predicted octanol–water partition coefficient (Wildman–Crippen LogP) is 4.43. The Kier molecular flexibility index (Phi) is 9.37. The number of carbonyl (C=O) groups excluding carboxylic acids is 1. The van der Waals surface area contributed by atoms with Gasteiger partial charge in [0.1, 0.15) is 23.9 Å². The Hall–Kier alpha value is -4.69. The number of nitrogens with one attached hydrogen (secondary N) is 2. The van der Waals surface area contributed by atoms with Crippen molar-refractivity contribution in [1.82, 2.24) is 24.8 Å². The van der Waals surface area contributed by atoms with Crippen LogP contribution in [-0.4, -0.2) is 58.1 Å². The van der Waals surface area contributed by atoms with Crippen LogP contribution in [0.1, 0.15) is 36.2 Å². The fraction of sp³-hybridized carbons (Fsp3) is 0.300. The van der Waals surface area contributed by atoms with Crippen LogP contribution < -0.4 is 16.2 Å². The zero-order valence-electron chi connectivity index (χ0n) is 23.2. The zero-order valence-corrected chi connectivity index (χ0v) is 23.2. The first-order valence-electron chi connectivity index (χ1n) is 13.4.